The highest BCUT2D eigenvalue weighted by Gasteiger charge is 1.97. The molecule has 1 aromatic carbocycles. The Morgan fingerprint density at radius 3 is 2.74 bits per heavy atom. The number of nitrogens with two attached hydrogens (primary N) is 1. The van der Waals surface area contributed by atoms with Gasteiger partial charge in [-0.1, -0.05) is 12.1 Å². The second kappa shape index (κ2) is 6.30. The third kappa shape index (κ3) is 4.23. The number of nitrogens with zero attached hydrogens (tertiary/aromatic N) is 2. The first kappa shape index (κ1) is 12.8. The molecular formula is C14H14N4O. The Labute approximate surface area is 111 Å². The van der Waals surface area contributed by atoms with Crippen molar-refractivity contribution in [1.29, 1.82) is 0 Å². The van der Waals surface area contributed by atoms with Gasteiger partial charge in [-0.25, -0.2) is 9.97 Å². The van der Waals surface area contributed by atoms with E-state index in [2.05, 4.69) is 15.3 Å². The van der Waals surface area contributed by atoms with Crippen molar-refractivity contribution in [3.63, 3.8) is 0 Å². The van der Waals surface area contributed by atoms with E-state index < -0.39 is 0 Å². The Kier molecular flexibility index (Phi) is 4.23. The van der Waals surface area contributed by atoms with Crippen LogP contribution in [0.3, 0.4) is 0 Å². The standard InChI is InChI=1S/C14H14N4O/c15-12-4-1-11(2-5-12)3-6-14(19)17-9-13-7-8-16-10-18-13/h1-8,10H,9,15H2,(H,17,19)/b6-3+. The van der Waals surface area contributed by atoms with Crippen LogP contribution in [0.25, 0.3) is 6.08 Å². The van der Waals surface area contributed by atoms with Gasteiger partial charge in [-0.3, -0.25) is 4.79 Å². The van der Waals surface area contributed by atoms with Gasteiger partial charge in [-0.05, 0) is 29.8 Å². The van der Waals surface area contributed by atoms with E-state index in [0.717, 1.165) is 11.3 Å². The minimum absolute atomic E-state index is 0.171. The van der Waals surface area contributed by atoms with Crippen LogP contribution in [-0.2, 0) is 11.3 Å². The largest absolute Gasteiger partial charge is 0.399 e. The van der Waals surface area contributed by atoms with E-state index in [0.29, 0.717) is 12.2 Å². The molecule has 1 amide bonds. The van der Waals surface area contributed by atoms with E-state index in [1.54, 1.807) is 30.5 Å². The normalized spacial score (nSPS) is 10.5. The minimum atomic E-state index is -0.171. The number of carbonyl (C=O) groups is 1. The fourth-order valence-corrected chi connectivity index (χ4v) is 1.44. The zero-order valence-electron chi connectivity index (χ0n) is 10.3. The Balaban J connectivity index is 1.86. The van der Waals surface area contributed by atoms with Gasteiger partial charge in [0.05, 0.1) is 12.2 Å². The smallest absolute Gasteiger partial charge is 0.244 e. The van der Waals surface area contributed by atoms with E-state index in [-0.39, 0.29) is 5.91 Å². The summed E-state index contributed by atoms with van der Waals surface area (Å²) in [4.78, 5) is 19.4. The molecule has 2 rings (SSSR count). The summed E-state index contributed by atoms with van der Waals surface area (Å²) >= 11 is 0. The van der Waals surface area contributed by atoms with Crippen molar-refractivity contribution in [3.05, 3.63) is 60.2 Å². The summed E-state index contributed by atoms with van der Waals surface area (Å²) in [5.74, 6) is -0.171. The van der Waals surface area contributed by atoms with Gasteiger partial charge in [-0.2, -0.15) is 0 Å². The van der Waals surface area contributed by atoms with Crippen LogP contribution in [0.5, 0.6) is 0 Å². The summed E-state index contributed by atoms with van der Waals surface area (Å²) < 4.78 is 0. The van der Waals surface area contributed by atoms with E-state index >= 15 is 0 Å². The molecule has 0 aliphatic carbocycles. The molecule has 0 bridgehead atoms. The van der Waals surface area contributed by atoms with Crippen LogP contribution in [0.15, 0.2) is 48.9 Å². The molecule has 0 aliphatic heterocycles. The lowest BCUT2D eigenvalue weighted by Crippen LogP contribution is -2.20. The molecule has 0 spiro atoms. The second-order valence-electron chi connectivity index (χ2n) is 3.92. The molecule has 96 valence electrons. The summed E-state index contributed by atoms with van der Waals surface area (Å²) in [5.41, 5.74) is 7.97. The zero-order chi connectivity index (χ0) is 13.5. The first-order chi connectivity index (χ1) is 9.24. The number of aromatic nitrogens is 2. The number of anilines is 1. The topological polar surface area (TPSA) is 80.9 Å². The minimum Gasteiger partial charge on any atom is -0.399 e. The molecule has 19 heavy (non-hydrogen) atoms. The Bertz CT molecular complexity index is 564. The van der Waals surface area contributed by atoms with Crippen LogP contribution in [0.4, 0.5) is 5.69 Å². The van der Waals surface area contributed by atoms with Gasteiger partial charge in [0.15, 0.2) is 0 Å². The molecule has 5 heteroatoms. The predicted octanol–water partition coefficient (Wildman–Crippen LogP) is 1.39. The maximum atomic E-state index is 11.6. The average Bonchev–Trinajstić information content (AvgIpc) is 2.45. The number of amides is 1. The van der Waals surface area contributed by atoms with E-state index in [4.69, 9.17) is 5.73 Å². The van der Waals surface area contributed by atoms with Gasteiger partial charge in [0, 0.05) is 18.0 Å². The van der Waals surface area contributed by atoms with Crippen LogP contribution >= 0.6 is 0 Å². The summed E-state index contributed by atoms with van der Waals surface area (Å²) in [6.07, 6.45) is 6.30. The number of rotatable bonds is 4. The fraction of sp³-hybridized carbons (Fsp3) is 0.0714. The quantitative estimate of drug-likeness (QED) is 0.638. The lowest BCUT2D eigenvalue weighted by Gasteiger charge is -2.00. The van der Waals surface area contributed by atoms with Gasteiger partial charge in [0.1, 0.15) is 6.33 Å². The summed E-state index contributed by atoms with van der Waals surface area (Å²) in [6.45, 7) is 0.382. The number of carbonyl (C=O) groups excluding carboxylic acids is 1. The maximum absolute atomic E-state index is 11.6. The van der Waals surface area contributed by atoms with Gasteiger partial charge in [0.25, 0.3) is 0 Å². The van der Waals surface area contributed by atoms with Crippen molar-refractivity contribution in [1.82, 2.24) is 15.3 Å². The van der Waals surface area contributed by atoms with Crippen molar-refractivity contribution in [3.8, 4) is 0 Å². The van der Waals surface area contributed by atoms with Crippen LogP contribution in [0, 0.1) is 0 Å². The number of hydrogen-bond acceptors (Lipinski definition) is 4. The Hall–Kier alpha value is -2.69. The van der Waals surface area contributed by atoms with Gasteiger partial charge in [0.2, 0.25) is 5.91 Å². The van der Waals surface area contributed by atoms with Crippen LogP contribution < -0.4 is 11.1 Å². The molecular weight excluding hydrogens is 240 g/mol. The van der Waals surface area contributed by atoms with Crippen molar-refractivity contribution >= 4 is 17.7 Å². The van der Waals surface area contributed by atoms with Crippen molar-refractivity contribution in [2.24, 2.45) is 0 Å². The van der Waals surface area contributed by atoms with Crippen LogP contribution in [-0.4, -0.2) is 15.9 Å². The monoisotopic (exact) mass is 254 g/mol. The molecule has 0 atom stereocenters. The lowest BCUT2D eigenvalue weighted by atomic mass is 10.2. The lowest BCUT2D eigenvalue weighted by molar-refractivity contribution is -0.116. The van der Waals surface area contributed by atoms with Crippen molar-refractivity contribution in [2.75, 3.05) is 5.73 Å². The Morgan fingerprint density at radius 2 is 2.05 bits per heavy atom. The van der Waals surface area contributed by atoms with Crippen LogP contribution in [0.2, 0.25) is 0 Å². The number of benzene rings is 1. The molecule has 0 radical (unpaired) electrons. The van der Waals surface area contributed by atoms with Crippen LogP contribution in [0.1, 0.15) is 11.3 Å². The summed E-state index contributed by atoms with van der Waals surface area (Å²) in [7, 11) is 0. The Morgan fingerprint density at radius 1 is 1.26 bits per heavy atom. The first-order valence-corrected chi connectivity index (χ1v) is 5.80. The second-order valence-corrected chi connectivity index (χ2v) is 3.92. The summed E-state index contributed by atoms with van der Waals surface area (Å²) in [5, 5.41) is 2.74. The molecule has 5 nitrogen and oxygen atoms in total. The molecule has 0 saturated carbocycles. The van der Waals surface area contributed by atoms with E-state index in [1.807, 2.05) is 12.1 Å². The van der Waals surface area contributed by atoms with Gasteiger partial charge < -0.3 is 11.1 Å². The number of nitrogen functional groups attached to an aromatic ring is 1. The number of nitrogens with one attached hydrogen (secondary N) is 1. The summed E-state index contributed by atoms with van der Waals surface area (Å²) in [6, 6.07) is 9.04. The molecule has 0 unspecified atom stereocenters. The van der Waals surface area contributed by atoms with Crippen molar-refractivity contribution < 1.29 is 4.79 Å². The van der Waals surface area contributed by atoms with Crippen molar-refractivity contribution in [2.45, 2.75) is 6.54 Å². The highest BCUT2D eigenvalue weighted by molar-refractivity contribution is 5.91. The molecule has 0 fully saturated rings. The zero-order valence-corrected chi connectivity index (χ0v) is 10.3. The molecule has 3 N–H and O–H groups in total. The van der Waals surface area contributed by atoms with Gasteiger partial charge >= 0.3 is 0 Å². The number of hydrogen-bond donors (Lipinski definition) is 2. The third-order valence-corrected chi connectivity index (χ3v) is 2.45. The van der Waals surface area contributed by atoms with E-state index in [1.165, 1.54) is 12.4 Å². The first-order valence-electron chi connectivity index (χ1n) is 5.80. The maximum Gasteiger partial charge on any atom is 0.244 e. The highest BCUT2D eigenvalue weighted by atomic mass is 16.1. The molecule has 0 saturated heterocycles. The third-order valence-electron chi connectivity index (χ3n) is 2.45. The molecule has 1 aromatic heterocycles. The molecule has 1 heterocycles. The SMILES string of the molecule is Nc1ccc(/C=C/C(=O)NCc2ccncn2)cc1. The molecule has 0 aliphatic rings. The van der Waals surface area contributed by atoms with E-state index in [9.17, 15) is 4.79 Å². The highest BCUT2D eigenvalue weighted by Crippen LogP contribution is 2.06. The molecule has 2 aromatic rings. The van der Waals surface area contributed by atoms with Gasteiger partial charge in [-0.15, -0.1) is 0 Å². The predicted molar refractivity (Wildman–Crippen MR) is 73.8 cm³/mol. The fourth-order valence-electron chi connectivity index (χ4n) is 1.44. The average molecular weight is 254 g/mol.